The molecular formula is C28H33F7O2. The summed E-state index contributed by atoms with van der Waals surface area (Å²) >= 11 is 0. The maximum atomic E-state index is 14.1. The van der Waals surface area contributed by atoms with Crippen LogP contribution >= 0.6 is 0 Å². The number of aliphatic hydroxyl groups is 2. The van der Waals surface area contributed by atoms with Crippen LogP contribution in [0, 0.1) is 16.7 Å². The van der Waals surface area contributed by atoms with Gasteiger partial charge in [0.1, 0.15) is 6.17 Å². The van der Waals surface area contributed by atoms with E-state index in [0.29, 0.717) is 30.4 Å². The van der Waals surface area contributed by atoms with Gasteiger partial charge in [-0.15, -0.1) is 0 Å². The summed E-state index contributed by atoms with van der Waals surface area (Å²) in [5.74, 6) is 0.139. The van der Waals surface area contributed by atoms with E-state index in [-0.39, 0.29) is 30.3 Å². The quantitative estimate of drug-likeness (QED) is 0.282. The number of fused-ring (bicyclic) bond motifs is 1. The van der Waals surface area contributed by atoms with Crippen LogP contribution < -0.4 is 0 Å². The van der Waals surface area contributed by atoms with E-state index in [4.69, 9.17) is 0 Å². The summed E-state index contributed by atoms with van der Waals surface area (Å²) < 4.78 is 92.5. The molecule has 0 unspecified atom stereocenters. The van der Waals surface area contributed by atoms with E-state index in [0.717, 1.165) is 37.3 Å². The highest BCUT2D eigenvalue weighted by molar-refractivity contribution is 5.42. The lowest BCUT2D eigenvalue weighted by Crippen LogP contribution is -2.55. The van der Waals surface area contributed by atoms with E-state index in [9.17, 15) is 40.9 Å². The van der Waals surface area contributed by atoms with Gasteiger partial charge in [0.25, 0.3) is 5.60 Å². The molecule has 9 heteroatoms. The highest BCUT2D eigenvalue weighted by atomic mass is 19.4. The van der Waals surface area contributed by atoms with Crippen LogP contribution in [-0.4, -0.2) is 40.4 Å². The fraction of sp³-hybridized carbons (Fsp3) is 0.643. The Labute approximate surface area is 212 Å². The minimum atomic E-state index is -5.87. The van der Waals surface area contributed by atoms with Crippen molar-refractivity contribution in [1.82, 2.24) is 0 Å². The van der Waals surface area contributed by atoms with Crippen molar-refractivity contribution in [1.29, 1.82) is 0 Å². The maximum absolute atomic E-state index is 14.1. The highest BCUT2D eigenvalue weighted by Crippen LogP contribution is 2.67. The fourth-order valence-corrected chi connectivity index (χ4v) is 6.61. The smallest absolute Gasteiger partial charge is 0.393 e. The van der Waals surface area contributed by atoms with Gasteiger partial charge in [-0.1, -0.05) is 49.0 Å². The van der Waals surface area contributed by atoms with Gasteiger partial charge in [-0.25, -0.2) is 4.39 Å². The van der Waals surface area contributed by atoms with Crippen LogP contribution in [-0.2, 0) is 0 Å². The van der Waals surface area contributed by atoms with Crippen molar-refractivity contribution in [3.63, 3.8) is 0 Å². The second-order valence-corrected chi connectivity index (χ2v) is 11.3. The molecule has 0 bridgehead atoms. The lowest BCUT2D eigenvalue weighted by atomic mass is 9.61. The Morgan fingerprint density at radius 2 is 1.73 bits per heavy atom. The Morgan fingerprint density at radius 3 is 2.32 bits per heavy atom. The van der Waals surface area contributed by atoms with Crippen molar-refractivity contribution in [2.24, 2.45) is 16.7 Å². The Hall–Kier alpha value is -1.87. The van der Waals surface area contributed by atoms with Crippen LogP contribution in [0.25, 0.3) is 0 Å². The topological polar surface area (TPSA) is 40.5 Å². The van der Waals surface area contributed by atoms with Gasteiger partial charge >= 0.3 is 12.4 Å². The summed E-state index contributed by atoms with van der Waals surface area (Å²) in [5, 5.41) is 19.4. The molecule has 4 rings (SSSR count). The summed E-state index contributed by atoms with van der Waals surface area (Å²) in [6.07, 6.45) is -2.17. The number of halogens is 7. The van der Waals surface area contributed by atoms with E-state index in [1.54, 1.807) is 0 Å². The van der Waals surface area contributed by atoms with Crippen molar-refractivity contribution in [2.75, 3.05) is 0 Å². The van der Waals surface area contributed by atoms with Gasteiger partial charge in [0.05, 0.1) is 6.10 Å². The minimum absolute atomic E-state index is 0.00564. The zero-order chi connectivity index (χ0) is 27.4. The molecule has 206 valence electrons. The van der Waals surface area contributed by atoms with Crippen molar-refractivity contribution in [3.05, 3.63) is 59.3 Å². The molecule has 4 atom stereocenters. The van der Waals surface area contributed by atoms with Crippen LogP contribution in [0.5, 0.6) is 0 Å². The molecule has 3 saturated carbocycles. The maximum Gasteiger partial charge on any atom is 0.429 e. The Morgan fingerprint density at radius 1 is 1.08 bits per heavy atom. The zero-order valence-electron chi connectivity index (χ0n) is 20.7. The van der Waals surface area contributed by atoms with Crippen LogP contribution in [0.2, 0.25) is 0 Å². The van der Waals surface area contributed by atoms with E-state index >= 15 is 0 Å². The number of rotatable bonds is 5. The summed E-state index contributed by atoms with van der Waals surface area (Å²) in [7, 11) is 0. The van der Waals surface area contributed by atoms with Gasteiger partial charge in [0, 0.05) is 6.42 Å². The molecule has 0 amide bonds. The molecule has 0 aromatic heterocycles. The number of hydrogen-bond donors (Lipinski definition) is 2. The second-order valence-electron chi connectivity index (χ2n) is 11.3. The molecule has 0 aromatic carbocycles. The summed E-state index contributed by atoms with van der Waals surface area (Å²) in [6, 6.07) is 0. The largest absolute Gasteiger partial charge is 0.429 e. The third-order valence-electron chi connectivity index (χ3n) is 8.93. The van der Waals surface area contributed by atoms with Crippen molar-refractivity contribution in [3.8, 4) is 0 Å². The van der Waals surface area contributed by atoms with Crippen LogP contribution in [0.4, 0.5) is 30.7 Å². The Kier molecular flexibility index (Phi) is 7.15. The monoisotopic (exact) mass is 534 g/mol. The SMILES string of the molecule is C=C1/C(=C\C=C2/CCC[C@]3(C)C(C4(C/C=C/C(O)(C(F)(F)F)C(F)(F)F)CC4)=CC[C@@H]23)C[C@@H](O)C[C@@H]1F. The summed E-state index contributed by atoms with van der Waals surface area (Å²) in [6.45, 7) is 5.94. The van der Waals surface area contributed by atoms with E-state index in [1.807, 2.05) is 12.2 Å². The van der Waals surface area contributed by atoms with Crippen molar-refractivity contribution >= 4 is 0 Å². The lowest BCUT2D eigenvalue weighted by Gasteiger charge is -2.43. The molecule has 4 aliphatic rings. The molecule has 0 saturated heterocycles. The summed E-state index contributed by atoms with van der Waals surface area (Å²) in [4.78, 5) is 0. The highest BCUT2D eigenvalue weighted by Gasteiger charge is 2.69. The number of aliphatic hydroxyl groups excluding tert-OH is 1. The average Bonchev–Trinajstić information content (AvgIpc) is 3.46. The Bertz CT molecular complexity index is 1030. The third-order valence-corrected chi connectivity index (χ3v) is 8.93. The molecule has 4 aliphatic carbocycles. The molecule has 0 spiro atoms. The molecule has 0 aliphatic heterocycles. The van der Waals surface area contributed by atoms with Gasteiger partial charge in [-0.05, 0) is 85.3 Å². The molecule has 0 heterocycles. The van der Waals surface area contributed by atoms with Gasteiger partial charge in [-0.2, -0.15) is 26.3 Å². The first-order chi connectivity index (χ1) is 17.0. The predicted molar refractivity (Wildman–Crippen MR) is 126 cm³/mol. The lowest BCUT2D eigenvalue weighted by molar-refractivity contribution is -0.347. The predicted octanol–water partition coefficient (Wildman–Crippen LogP) is 7.61. The minimum Gasteiger partial charge on any atom is -0.393 e. The molecule has 37 heavy (non-hydrogen) atoms. The molecular weight excluding hydrogens is 501 g/mol. The third kappa shape index (κ3) is 4.98. The van der Waals surface area contributed by atoms with E-state index in [2.05, 4.69) is 19.6 Å². The first-order valence-electron chi connectivity index (χ1n) is 12.7. The summed E-state index contributed by atoms with van der Waals surface area (Å²) in [5.41, 5.74) is -2.33. The van der Waals surface area contributed by atoms with Gasteiger partial charge in [0.2, 0.25) is 0 Å². The molecule has 0 aromatic rings. The molecule has 3 fully saturated rings. The normalized spacial score (nSPS) is 34.8. The second kappa shape index (κ2) is 9.40. The van der Waals surface area contributed by atoms with Gasteiger partial charge < -0.3 is 10.2 Å². The van der Waals surface area contributed by atoms with Gasteiger partial charge in [-0.3, -0.25) is 0 Å². The first kappa shape index (κ1) is 28.1. The van der Waals surface area contributed by atoms with E-state index in [1.165, 1.54) is 5.57 Å². The standard InChI is InChI=1S/C28H33F7O2/c1-17-19(15-20(36)16-22(17)29)7-6-18-5-3-10-24(2)21(18)8-9-23(24)25(13-14-25)11-4-12-26(37,27(30,31)32)28(33,34)35/h4,6-7,9,12,20-22,36-37H,1,3,5,8,10-11,13-16H2,2H3/b12-4+,18-6+,19-7-/t20-,21+,22+,24+/m1/s1. The molecule has 2 nitrogen and oxygen atoms in total. The molecule has 0 radical (unpaired) electrons. The fourth-order valence-electron chi connectivity index (χ4n) is 6.61. The molecule has 2 N–H and O–H groups in total. The number of alkyl halides is 7. The van der Waals surface area contributed by atoms with Crippen LogP contribution in [0.15, 0.2) is 59.3 Å². The number of allylic oxidation sites excluding steroid dienone is 7. The van der Waals surface area contributed by atoms with Crippen molar-refractivity contribution < 1.29 is 40.9 Å². The van der Waals surface area contributed by atoms with E-state index < -0.39 is 35.6 Å². The first-order valence-corrected chi connectivity index (χ1v) is 12.7. The van der Waals surface area contributed by atoms with Crippen LogP contribution in [0.1, 0.15) is 64.7 Å². The average molecular weight is 535 g/mol. The van der Waals surface area contributed by atoms with Crippen LogP contribution in [0.3, 0.4) is 0 Å². The van der Waals surface area contributed by atoms with Gasteiger partial charge in [0.15, 0.2) is 0 Å². The number of hydrogen-bond acceptors (Lipinski definition) is 2. The van der Waals surface area contributed by atoms with Crippen molar-refractivity contribution in [2.45, 2.75) is 94.9 Å². The Balaban J connectivity index is 1.53. The zero-order valence-corrected chi connectivity index (χ0v) is 20.7.